The molecule has 1 aliphatic heterocycles. The van der Waals surface area contributed by atoms with E-state index in [9.17, 15) is 8.42 Å². The number of aromatic nitrogens is 2. The predicted octanol–water partition coefficient (Wildman–Crippen LogP) is 0.810. The van der Waals surface area contributed by atoms with Gasteiger partial charge in [-0.15, -0.1) is 0 Å². The minimum atomic E-state index is -2.93. The number of hydrogen-bond acceptors (Lipinski definition) is 6. The summed E-state index contributed by atoms with van der Waals surface area (Å²) in [6.45, 7) is 0.359. The van der Waals surface area contributed by atoms with Gasteiger partial charge < -0.3 is 11.1 Å². The topological polar surface area (TPSA) is 98.0 Å². The third kappa shape index (κ3) is 2.86. The summed E-state index contributed by atoms with van der Waals surface area (Å²) in [7, 11) is -2.93. The Morgan fingerprint density at radius 1 is 1.59 bits per heavy atom. The van der Waals surface area contributed by atoms with E-state index in [1.165, 1.54) is 6.20 Å². The summed E-state index contributed by atoms with van der Waals surface area (Å²) in [4.78, 5) is 7.80. The van der Waals surface area contributed by atoms with E-state index in [2.05, 4.69) is 31.2 Å². The highest BCUT2D eigenvalue weighted by Gasteiger charge is 2.31. The van der Waals surface area contributed by atoms with Crippen molar-refractivity contribution in [2.24, 2.45) is 0 Å². The van der Waals surface area contributed by atoms with Crippen LogP contribution in [0.15, 0.2) is 10.7 Å². The van der Waals surface area contributed by atoms with E-state index in [-0.39, 0.29) is 17.0 Å². The van der Waals surface area contributed by atoms with Crippen molar-refractivity contribution >= 4 is 37.5 Å². The third-order valence-electron chi connectivity index (χ3n) is 2.72. The predicted molar refractivity (Wildman–Crippen MR) is 69.4 cm³/mol. The maximum Gasteiger partial charge on any atom is 0.221 e. The van der Waals surface area contributed by atoms with Crippen LogP contribution in [0.1, 0.15) is 12.8 Å². The molecule has 3 N–H and O–H groups in total. The van der Waals surface area contributed by atoms with Crippen molar-refractivity contribution < 1.29 is 8.42 Å². The normalized spacial score (nSPS) is 22.5. The van der Waals surface area contributed by atoms with Gasteiger partial charge in [0, 0.05) is 12.7 Å². The third-order valence-corrected chi connectivity index (χ3v) is 5.58. The number of nitrogens with zero attached hydrogens (tertiary/aromatic N) is 2. The number of nitrogens with two attached hydrogens (primary N) is 1. The van der Waals surface area contributed by atoms with E-state index in [0.717, 1.165) is 6.42 Å². The molecular formula is C9H13BrN4O2S. The molecule has 94 valence electrons. The number of anilines is 2. The first-order valence-corrected chi connectivity index (χ1v) is 7.73. The van der Waals surface area contributed by atoms with Crippen molar-refractivity contribution in [3.63, 3.8) is 0 Å². The molecule has 2 heterocycles. The molecule has 6 nitrogen and oxygen atoms in total. The summed E-state index contributed by atoms with van der Waals surface area (Å²) >= 11 is 3.28. The highest BCUT2D eigenvalue weighted by molar-refractivity contribution is 9.10. The minimum Gasteiger partial charge on any atom is -0.368 e. The van der Waals surface area contributed by atoms with Crippen LogP contribution in [0.5, 0.6) is 0 Å². The second kappa shape index (κ2) is 4.77. The fraction of sp³-hybridized carbons (Fsp3) is 0.556. The van der Waals surface area contributed by atoms with Gasteiger partial charge in [-0.05, 0) is 28.8 Å². The van der Waals surface area contributed by atoms with Crippen molar-refractivity contribution in [2.45, 2.75) is 18.1 Å². The van der Waals surface area contributed by atoms with Crippen LogP contribution in [0.3, 0.4) is 0 Å². The molecule has 0 radical (unpaired) electrons. The molecule has 0 saturated carbocycles. The van der Waals surface area contributed by atoms with Gasteiger partial charge in [0.15, 0.2) is 9.84 Å². The van der Waals surface area contributed by atoms with Gasteiger partial charge in [-0.1, -0.05) is 0 Å². The molecule has 2 rings (SSSR count). The standard InChI is InChI=1S/C9H13BrN4O2S/c10-7-5-13-9(11)14-8(7)12-4-6-2-1-3-17(6,15)16/h5-6H,1-4H2,(H3,11,12,13,14). The number of nitrogens with one attached hydrogen (secondary N) is 1. The van der Waals surface area contributed by atoms with Gasteiger partial charge >= 0.3 is 0 Å². The molecule has 8 heteroatoms. The summed E-state index contributed by atoms with van der Waals surface area (Å²) in [6.07, 6.45) is 2.98. The van der Waals surface area contributed by atoms with E-state index < -0.39 is 9.84 Å². The second-order valence-corrected chi connectivity index (χ2v) is 7.19. The lowest BCUT2D eigenvalue weighted by atomic mass is 10.2. The van der Waals surface area contributed by atoms with Crippen molar-refractivity contribution in [1.29, 1.82) is 0 Å². The number of hydrogen-bond donors (Lipinski definition) is 2. The summed E-state index contributed by atoms with van der Waals surface area (Å²) < 4.78 is 23.9. The summed E-state index contributed by atoms with van der Waals surface area (Å²) in [6, 6.07) is 0. The van der Waals surface area contributed by atoms with Gasteiger partial charge in [-0.25, -0.2) is 13.4 Å². The summed E-state index contributed by atoms with van der Waals surface area (Å²) in [5.41, 5.74) is 5.46. The molecule has 1 aromatic rings. The Morgan fingerprint density at radius 3 is 3.00 bits per heavy atom. The SMILES string of the molecule is Nc1ncc(Br)c(NCC2CCCS2(=O)=O)n1. The lowest BCUT2D eigenvalue weighted by molar-refractivity contribution is 0.591. The van der Waals surface area contributed by atoms with E-state index >= 15 is 0 Å². The highest BCUT2D eigenvalue weighted by Crippen LogP contribution is 2.23. The molecule has 1 fully saturated rings. The van der Waals surface area contributed by atoms with Gasteiger partial charge in [0.05, 0.1) is 15.5 Å². The van der Waals surface area contributed by atoms with Crippen LogP contribution >= 0.6 is 15.9 Å². The molecule has 1 unspecified atom stereocenters. The van der Waals surface area contributed by atoms with Crippen molar-refractivity contribution in [1.82, 2.24) is 9.97 Å². The quantitative estimate of drug-likeness (QED) is 0.855. The Morgan fingerprint density at radius 2 is 2.35 bits per heavy atom. The lowest BCUT2D eigenvalue weighted by Gasteiger charge is -2.12. The zero-order valence-electron chi connectivity index (χ0n) is 9.06. The van der Waals surface area contributed by atoms with Crippen molar-refractivity contribution in [3.8, 4) is 0 Å². The Kier molecular flexibility index (Phi) is 3.53. The smallest absolute Gasteiger partial charge is 0.221 e. The number of halogens is 1. The van der Waals surface area contributed by atoms with E-state index in [1.54, 1.807) is 0 Å². The number of sulfone groups is 1. The van der Waals surface area contributed by atoms with Crippen LogP contribution in [0.2, 0.25) is 0 Å². The summed E-state index contributed by atoms with van der Waals surface area (Å²) in [5, 5.41) is 2.67. The van der Waals surface area contributed by atoms with Crippen molar-refractivity contribution in [2.75, 3.05) is 23.3 Å². The minimum absolute atomic E-state index is 0.157. The van der Waals surface area contributed by atoms with Gasteiger partial charge in [0.1, 0.15) is 5.82 Å². The maximum atomic E-state index is 11.6. The average molecular weight is 321 g/mol. The molecule has 1 atom stereocenters. The molecule has 0 amide bonds. The molecule has 17 heavy (non-hydrogen) atoms. The van der Waals surface area contributed by atoms with E-state index in [1.807, 2.05) is 0 Å². The first-order valence-electron chi connectivity index (χ1n) is 5.22. The van der Waals surface area contributed by atoms with Crippen molar-refractivity contribution in [3.05, 3.63) is 10.7 Å². The zero-order chi connectivity index (χ0) is 12.5. The molecule has 1 aromatic heterocycles. The van der Waals surface area contributed by atoms with E-state index in [4.69, 9.17) is 5.73 Å². The molecule has 0 aliphatic carbocycles. The highest BCUT2D eigenvalue weighted by atomic mass is 79.9. The van der Waals surface area contributed by atoms with Crippen LogP contribution in [0, 0.1) is 0 Å². The Balaban J connectivity index is 2.05. The van der Waals surface area contributed by atoms with Gasteiger partial charge in [-0.3, -0.25) is 0 Å². The molecule has 0 aromatic carbocycles. The maximum absolute atomic E-state index is 11.6. The lowest BCUT2D eigenvalue weighted by Crippen LogP contribution is -2.25. The first-order chi connectivity index (χ1) is 7.99. The van der Waals surface area contributed by atoms with Gasteiger partial charge in [0.2, 0.25) is 5.95 Å². The molecule has 1 aliphatic rings. The largest absolute Gasteiger partial charge is 0.368 e. The first kappa shape index (κ1) is 12.6. The zero-order valence-corrected chi connectivity index (χ0v) is 11.5. The van der Waals surface area contributed by atoms with Crippen LogP contribution in [-0.4, -0.2) is 35.9 Å². The molecule has 0 spiro atoms. The molecule has 0 bridgehead atoms. The Labute approximate surface area is 108 Å². The second-order valence-electron chi connectivity index (χ2n) is 3.94. The number of rotatable bonds is 3. The fourth-order valence-electron chi connectivity index (χ4n) is 1.80. The average Bonchev–Trinajstić information content (AvgIpc) is 2.59. The molecule has 1 saturated heterocycles. The monoisotopic (exact) mass is 320 g/mol. The Bertz CT molecular complexity index is 520. The van der Waals surface area contributed by atoms with Gasteiger partial charge in [-0.2, -0.15) is 4.98 Å². The Hall–Kier alpha value is -0.890. The van der Waals surface area contributed by atoms with E-state index in [0.29, 0.717) is 23.3 Å². The van der Waals surface area contributed by atoms with Gasteiger partial charge in [0.25, 0.3) is 0 Å². The van der Waals surface area contributed by atoms with Crippen LogP contribution in [0.25, 0.3) is 0 Å². The molecular weight excluding hydrogens is 308 g/mol. The summed E-state index contributed by atoms with van der Waals surface area (Å²) in [5.74, 6) is 0.969. The van der Waals surface area contributed by atoms with Crippen LogP contribution < -0.4 is 11.1 Å². The number of nitrogen functional groups attached to an aromatic ring is 1. The fourth-order valence-corrected chi connectivity index (χ4v) is 3.90. The van der Waals surface area contributed by atoms with Crippen LogP contribution in [0.4, 0.5) is 11.8 Å². The van der Waals surface area contributed by atoms with Crippen LogP contribution in [-0.2, 0) is 9.84 Å².